The van der Waals surface area contributed by atoms with Gasteiger partial charge in [0.25, 0.3) is 0 Å². The van der Waals surface area contributed by atoms with Crippen LogP contribution < -0.4 is 5.73 Å². The third-order valence-electron chi connectivity index (χ3n) is 2.06. The molecule has 0 aliphatic heterocycles. The Morgan fingerprint density at radius 2 is 2.00 bits per heavy atom. The predicted molar refractivity (Wildman–Crippen MR) is 44.7 cm³/mol. The molecule has 0 aromatic heterocycles. The van der Waals surface area contributed by atoms with E-state index in [0.29, 0.717) is 5.92 Å². The minimum atomic E-state index is -0.574. The minimum Gasteiger partial charge on any atom is -0.350 e. The van der Waals surface area contributed by atoms with Crippen LogP contribution in [0.1, 0.15) is 32.1 Å². The van der Waals surface area contributed by atoms with Crippen molar-refractivity contribution in [2.75, 3.05) is 0 Å². The maximum absolute atomic E-state index is 10.3. The summed E-state index contributed by atoms with van der Waals surface area (Å²) in [6.45, 7) is 0. The summed E-state index contributed by atoms with van der Waals surface area (Å²) in [6, 6.07) is -0.574. The molecule has 0 unspecified atom stereocenters. The number of carbonyl (C=O) groups excluding carboxylic acids is 1. The van der Waals surface area contributed by atoms with E-state index in [2.05, 4.69) is 4.99 Å². The molecule has 62 valence electrons. The van der Waals surface area contributed by atoms with Gasteiger partial charge in [-0.1, -0.05) is 19.3 Å². The molecular weight excluding hydrogens is 140 g/mol. The molecule has 0 spiro atoms. The van der Waals surface area contributed by atoms with E-state index in [1.807, 2.05) is 0 Å². The smallest absolute Gasteiger partial charge is 0.337 e. The van der Waals surface area contributed by atoms with Crippen molar-refractivity contribution in [3.8, 4) is 0 Å². The van der Waals surface area contributed by atoms with Gasteiger partial charge in [0.2, 0.25) is 0 Å². The summed E-state index contributed by atoms with van der Waals surface area (Å²) >= 11 is 0. The van der Waals surface area contributed by atoms with Crippen LogP contribution in [0.5, 0.6) is 0 Å². The van der Waals surface area contributed by atoms with Gasteiger partial charge in [-0.3, -0.25) is 0 Å². The van der Waals surface area contributed by atoms with Gasteiger partial charge in [-0.15, -0.1) is 0 Å². The van der Waals surface area contributed by atoms with Crippen LogP contribution in [0.3, 0.4) is 0 Å². The molecule has 1 rings (SSSR count). The van der Waals surface area contributed by atoms with Crippen LogP contribution in [0.15, 0.2) is 4.99 Å². The molecule has 1 aliphatic carbocycles. The number of nitrogens with two attached hydrogens (primary N) is 1. The SMILES string of the molecule is NC(=O)N=CC1CCCCC1. The molecule has 3 nitrogen and oxygen atoms in total. The van der Waals surface area contributed by atoms with Crippen LogP contribution >= 0.6 is 0 Å². The number of rotatable bonds is 1. The Balaban J connectivity index is 2.29. The van der Waals surface area contributed by atoms with Gasteiger partial charge in [0.05, 0.1) is 0 Å². The number of amides is 2. The molecule has 0 radical (unpaired) electrons. The summed E-state index contributed by atoms with van der Waals surface area (Å²) in [6.07, 6.45) is 7.88. The number of primary amides is 1. The van der Waals surface area contributed by atoms with E-state index < -0.39 is 6.03 Å². The van der Waals surface area contributed by atoms with E-state index in [1.54, 1.807) is 6.21 Å². The monoisotopic (exact) mass is 154 g/mol. The second-order valence-corrected chi connectivity index (χ2v) is 3.01. The van der Waals surface area contributed by atoms with Crippen molar-refractivity contribution in [2.45, 2.75) is 32.1 Å². The van der Waals surface area contributed by atoms with Crippen molar-refractivity contribution in [1.29, 1.82) is 0 Å². The molecule has 1 saturated carbocycles. The first kappa shape index (κ1) is 8.24. The zero-order valence-electron chi connectivity index (χ0n) is 6.62. The highest BCUT2D eigenvalue weighted by atomic mass is 16.2. The lowest BCUT2D eigenvalue weighted by Crippen LogP contribution is -2.11. The molecule has 3 heteroatoms. The standard InChI is InChI=1S/C8H14N2O/c9-8(11)10-6-7-4-2-1-3-5-7/h6-7H,1-5H2,(H2,9,11). The van der Waals surface area contributed by atoms with E-state index in [4.69, 9.17) is 5.73 Å². The lowest BCUT2D eigenvalue weighted by molar-refractivity contribution is 0.256. The molecule has 0 bridgehead atoms. The van der Waals surface area contributed by atoms with Gasteiger partial charge in [0, 0.05) is 6.21 Å². The lowest BCUT2D eigenvalue weighted by Gasteiger charge is -2.16. The quantitative estimate of drug-likeness (QED) is 0.574. The number of nitrogens with zero attached hydrogens (tertiary/aromatic N) is 1. The van der Waals surface area contributed by atoms with Gasteiger partial charge < -0.3 is 5.73 Å². The molecule has 0 aromatic carbocycles. The van der Waals surface area contributed by atoms with Gasteiger partial charge in [-0.05, 0) is 18.8 Å². The van der Waals surface area contributed by atoms with Crippen molar-refractivity contribution in [3.63, 3.8) is 0 Å². The van der Waals surface area contributed by atoms with Crippen LogP contribution in [0, 0.1) is 5.92 Å². The summed E-state index contributed by atoms with van der Waals surface area (Å²) in [5.74, 6) is 0.497. The van der Waals surface area contributed by atoms with Gasteiger partial charge in [-0.2, -0.15) is 0 Å². The Bertz CT molecular complexity index is 159. The molecule has 0 saturated heterocycles. The zero-order valence-corrected chi connectivity index (χ0v) is 6.62. The van der Waals surface area contributed by atoms with E-state index in [-0.39, 0.29) is 0 Å². The second-order valence-electron chi connectivity index (χ2n) is 3.01. The van der Waals surface area contributed by atoms with Gasteiger partial charge in [-0.25, -0.2) is 9.79 Å². The first-order valence-electron chi connectivity index (χ1n) is 4.12. The van der Waals surface area contributed by atoms with Crippen molar-refractivity contribution in [2.24, 2.45) is 16.6 Å². The van der Waals surface area contributed by atoms with Crippen molar-refractivity contribution >= 4 is 12.2 Å². The summed E-state index contributed by atoms with van der Waals surface area (Å²) in [5, 5.41) is 0. The number of hydrogen-bond donors (Lipinski definition) is 1. The minimum absolute atomic E-state index is 0.497. The van der Waals surface area contributed by atoms with E-state index in [9.17, 15) is 4.79 Å². The Kier molecular flexibility index (Phi) is 3.08. The number of carbonyl (C=O) groups is 1. The molecule has 2 N–H and O–H groups in total. The molecule has 0 heterocycles. The molecule has 0 atom stereocenters. The molecular formula is C8H14N2O. The van der Waals surface area contributed by atoms with Gasteiger partial charge in [0.1, 0.15) is 0 Å². The molecule has 1 aliphatic rings. The van der Waals surface area contributed by atoms with E-state index in [0.717, 1.165) is 12.8 Å². The largest absolute Gasteiger partial charge is 0.350 e. The Labute approximate surface area is 66.7 Å². The third-order valence-corrected chi connectivity index (χ3v) is 2.06. The first-order chi connectivity index (χ1) is 5.29. The average molecular weight is 154 g/mol. The fraction of sp³-hybridized carbons (Fsp3) is 0.750. The summed E-state index contributed by atoms with van der Waals surface area (Å²) in [4.78, 5) is 13.8. The van der Waals surface area contributed by atoms with Crippen LogP contribution in [-0.4, -0.2) is 12.2 Å². The predicted octanol–water partition coefficient (Wildman–Crippen LogP) is 1.72. The number of aliphatic imine (C=N–C) groups is 1. The van der Waals surface area contributed by atoms with Gasteiger partial charge in [0.15, 0.2) is 0 Å². The maximum Gasteiger partial charge on any atom is 0.337 e. The zero-order chi connectivity index (χ0) is 8.10. The lowest BCUT2D eigenvalue weighted by atomic mass is 9.90. The Morgan fingerprint density at radius 3 is 2.55 bits per heavy atom. The average Bonchev–Trinajstić information content (AvgIpc) is 2.03. The summed E-state index contributed by atoms with van der Waals surface area (Å²) < 4.78 is 0. The summed E-state index contributed by atoms with van der Waals surface area (Å²) in [5.41, 5.74) is 4.87. The fourth-order valence-electron chi connectivity index (χ4n) is 1.46. The third kappa shape index (κ3) is 3.16. The van der Waals surface area contributed by atoms with Crippen LogP contribution in [0.25, 0.3) is 0 Å². The van der Waals surface area contributed by atoms with Crippen molar-refractivity contribution < 1.29 is 4.79 Å². The highest BCUT2D eigenvalue weighted by Gasteiger charge is 2.10. The highest BCUT2D eigenvalue weighted by Crippen LogP contribution is 2.21. The van der Waals surface area contributed by atoms with Gasteiger partial charge >= 0.3 is 6.03 Å². The van der Waals surface area contributed by atoms with Crippen molar-refractivity contribution in [1.82, 2.24) is 0 Å². The maximum atomic E-state index is 10.3. The molecule has 1 fully saturated rings. The van der Waals surface area contributed by atoms with Crippen LogP contribution in [0.2, 0.25) is 0 Å². The Hall–Kier alpha value is -0.860. The molecule has 0 aromatic rings. The highest BCUT2D eigenvalue weighted by molar-refractivity contribution is 5.82. The fourth-order valence-corrected chi connectivity index (χ4v) is 1.46. The molecule has 2 amide bonds. The number of hydrogen-bond acceptors (Lipinski definition) is 1. The molecule has 11 heavy (non-hydrogen) atoms. The normalized spacial score (nSPS) is 20.7. The topological polar surface area (TPSA) is 55.5 Å². The first-order valence-corrected chi connectivity index (χ1v) is 4.12. The van der Waals surface area contributed by atoms with Crippen LogP contribution in [0.4, 0.5) is 4.79 Å². The van der Waals surface area contributed by atoms with E-state index in [1.165, 1.54) is 19.3 Å². The van der Waals surface area contributed by atoms with Crippen molar-refractivity contribution in [3.05, 3.63) is 0 Å². The second kappa shape index (κ2) is 4.11. The van der Waals surface area contributed by atoms with Crippen LogP contribution in [-0.2, 0) is 0 Å². The Morgan fingerprint density at radius 1 is 1.36 bits per heavy atom. The summed E-state index contributed by atoms with van der Waals surface area (Å²) in [7, 11) is 0. The van der Waals surface area contributed by atoms with E-state index >= 15 is 0 Å². The number of urea groups is 1.